The molecule has 0 N–H and O–H groups in total. The maximum Gasteiger partial charge on any atom is 0.232 e. The lowest BCUT2D eigenvalue weighted by Crippen LogP contribution is -2.42. The quantitative estimate of drug-likeness (QED) is 0.365. The van der Waals surface area contributed by atoms with E-state index in [1.165, 1.54) is 19.0 Å². The Kier molecular flexibility index (Phi) is 2.92. The zero-order valence-electron chi connectivity index (χ0n) is 8.82. The van der Waals surface area contributed by atoms with Crippen LogP contribution in [0.2, 0.25) is 0 Å². The molecule has 0 aromatic rings. The van der Waals surface area contributed by atoms with E-state index in [-0.39, 0.29) is 37.2 Å². The average molecular weight is 200 g/mol. The van der Waals surface area contributed by atoms with Crippen molar-refractivity contribution in [2.75, 3.05) is 27.2 Å². The number of likely N-dealkylation sites (tertiary alicyclic amines) is 1. The monoisotopic (exact) mass is 200 g/mol. The third-order valence-corrected chi connectivity index (χ3v) is 2.33. The lowest BCUT2D eigenvalue weighted by molar-refractivity contribution is -0.839. The van der Waals surface area contributed by atoms with E-state index in [2.05, 4.69) is 0 Å². The summed E-state index contributed by atoms with van der Waals surface area (Å²) in [6.07, 6.45) is 0.283. The first-order chi connectivity index (χ1) is 6.31. The third kappa shape index (κ3) is 2.52. The molecule has 0 aliphatic carbocycles. The van der Waals surface area contributed by atoms with Gasteiger partial charge >= 0.3 is 0 Å². The third-order valence-electron chi connectivity index (χ3n) is 2.33. The zero-order chi connectivity index (χ0) is 10.9. The van der Waals surface area contributed by atoms with Crippen LogP contribution in [-0.2, 0) is 9.59 Å². The molecule has 1 fully saturated rings. The molecule has 1 heterocycles. The molecule has 80 valence electrons. The van der Waals surface area contributed by atoms with E-state index in [1.807, 2.05) is 0 Å². The molecule has 0 bridgehead atoms. The van der Waals surface area contributed by atoms with Gasteiger partial charge < -0.3 is 9.85 Å². The Labute approximate surface area is 83.5 Å². The first kappa shape index (κ1) is 11.1. The highest BCUT2D eigenvalue weighted by Gasteiger charge is 2.35. The fourth-order valence-electron chi connectivity index (χ4n) is 1.42. The molecule has 1 saturated heterocycles. The van der Waals surface area contributed by atoms with Gasteiger partial charge in [-0.1, -0.05) is 6.92 Å². The van der Waals surface area contributed by atoms with Crippen LogP contribution >= 0.6 is 0 Å². The van der Waals surface area contributed by atoms with Crippen LogP contribution in [0.5, 0.6) is 0 Å². The molecule has 0 saturated carbocycles. The van der Waals surface area contributed by atoms with Gasteiger partial charge in [0.15, 0.2) is 0 Å². The minimum Gasteiger partial charge on any atom is -0.633 e. The number of hydrogen-bond donors (Lipinski definition) is 0. The summed E-state index contributed by atoms with van der Waals surface area (Å²) in [7, 11) is 2.99. The van der Waals surface area contributed by atoms with Crippen LogP contribution < -0.4 is 0 Å². The van der Waals surface area contributed by atoms with E-state index >= 15 is 0 Å². The van der Waals surface area contributed by atoms with Gasteiger partial charge in [-0.15, -0.1) is 0 Å². The minimum absolute atomic E-state index is 0.150. The van der Waals surface area contributed by atoms with Crippen molar-refractivity contribution in [3.63, 3.8) is 0 Å². The van der Waals surface area contributed by atoms with Crippen LogP contribution in [0.1, 0.15) is 13.3 Å². The molecular formula is C9H16N2O3. The van der Waals surface area contributed by atoms with E-state index in [0.29, 0.717) is 0 Å². The van der Waals surface area contributed by atoms with Gasteiger partial charge in [0.25, 0.3) is 0 Å². The summed E-state index contributed by atoms with van der Waals surface area (Å²) in [5.41, 5.74) is 0. The molecule has 1 atom stereocenters. The van der Waals surface area contributed by atoms with E-state index in [4.69, 9.17) is 0 Å². The summed E-state index contributed by atoms with van der Waals surface area (Å²) in [5.74, 6) is -0.524. The van der Waals surface area contributed by atoms with E-state index < -0.39 is 4.65 Å². The Hall–Kier alpha value is -0.940. The van der Waals surface area contributed by atoms with Gasteiger partial charge in [-0.05, 0) is 0 Å². The molecule has 1 rings (SSSR count). The second-order valence-corrected chi connectivity index (χ2v) is 4.29. The molecular weight excluding hydrogens is 184 g/mol. The topological polar surface area (TPSA) is 60.4 Å². The molecule has 1 unspecified atom stereocenters. The van der Waals surface area contributed by atoms with Crippen LogP contribution in [0, 0.1) is 11.1 Å². The Morgan fingerprint density at radius 3 is 2.43 bits per heavy atom. The normalized spacial score (nSPS) is 23.4. The van der Waals surface area contributed by atoms with Crippen LogP contribution in [0.25, 0.3) is 0 Å². The van der Waals surface area contributed by atoms with E-state index in [1.54, 1.807) is 6.92 Å². The SMILES string of the molecule is CC1CC(=O)N(CC[N+](C)(C)[O-])C1=O. The molecule has 1 aliphatic heterocycles. The first-order valence-corrected chi connectivity index (χ1v) is 4.69. The maximum atomic E-state index is 11.4. The fraction of sp³-hybridized carbons (Fsp3) is 0.778. The highest BCUT2D eigenvalue weighted by molar-refractivity contribution is 6.03. The summed E-state index contributed by atoms with van der Waals surface area (Å²) in [6.45, 7) is 2.22. The Bertz CT molecular complexity index is 257. The van der Waals surface area contributed by atoms with Crippen molar-refractivity contribution in [3.05, 3.63) is 5.21 Å². The summed E-state index contributed by atoms with van der Waals surface area (Å²) in [4.78, 5) is 23.9. The lowest BCUT2D eigenvalue weighted by atomic mass is 10.1. The van der Waals surface area contributed by atoms with Crippen molar-refractivity contribution in [1.82, 2.24) is 4.90 Å². The largest absolute Gasteiger partial charge is 0.633 e. The summed E-state index contributed by atoms with van der Waals surface area (Å²) in [5, 5.41) is 11.2. The highest BCUT2D eigenvalue weighted by Crippen LogP contribution is 2.18. The first-order valence-electron chi connectivity index (χ1n) is 4.69. The summed E-state index contributed by atoms with van der Waals surface area (Å²) >= 11 is 0. The van der Waals surface area contributed by atoms with Crippen LogP contribution in [0.3, 0.4) is 0 Å². The number of rotatable bonds is 3. The standard InChI is InChI=1S/C9H16N2O3/c1-7-6-8(12)10(9(7)13)4-5-11(2,3)14/h7H,4-6H2,1-3H3. The minimum atomic E-state index is -0.481. The van der Waals surface area contributed by atoms with Crippen molar-refractivity contribution in [2.24, 2.45) is 5.92 Å². The molecule has 0 spiro atoms. The van der Waals surface area contributed by atoms with E-state index in [0.717, 1.165) is 0 Å². The molecule has 0 aromatic heterocycles. The molecule has 1 aliphatic rings. The zero-order valence-corrected chi connectivity index (χ0v) is 8.82. The Morgan fingerprint density at radius 2 is 2.07 bits per heavy atom. The molecule has 5 heteroatoms. The van der Waals surface area contributed by atoms with Gasteiger partial charge in [0, 0.05) is 12.3 Å². The van der Waals surface area contributed by atoms with E-state index in [9.17, 15) is 14.8 Å². The lowest BCUT2D eigenvalue weighted by Gasteiger charge is -2.34. The van der Waals surface area contributed by atoms with Crippen molar-refractivity contribution in [3.8, 4) is 0 Å². The van der Waals surface area contributed by atoms with Gasteiger partial charge in [-0.3, -0.25) is 14.5 Å². The Balaban J connectivity index is 2.53. The van der Waals surface area contributed by atoms with Crippen LogP contribution in [-0.4, -0.2) is 48.5 Å². The number of carbonyl (C=O) groups excluding carboxylic acids is 2. The summed E-state index contributed by atoms with van der Waals surface area (Å²) < 4.78 is -0.481. The van der Waals surface area contributed by atoms with Gasteiger partial charge in [0.1, 0.15) is 0 Å². The molecule has 14 heavy (non-hydrogen) atoms. The van der Waals surface area contributed by atoms with Crippen molar-refractivity contribution >= 4 is 11.8 Å². The van der Waals surface area contributed by atoms with Crippen molar-refractivity contribution < 1.29 is 14.2 Å². The van der Waals surface area contributed by atoms with Crippen LogP contribution in [0.4, 0.5) is 0 Å². The number of imide groups is 1. The predicted octanol–water partition coefficient (Wildman–Crippen LogP) is -0.0444. The smallest absolute Gasteiger partial charge is 0.232 e. The molecule has 0 radical (unpaired) electrons. The van der Waals surface area contributed by atoms with Gasteiger partial charge in [0.2, 0.25) is 11.8 Å². The van der Waals surface area contributed by atoms with Crippen LogP contribution in [0.15, 0.2) is 0 Å². The van der Waals surface area contributed by atoms with Gasteiger partial charge in [-0.25, -0.2) is 0 Å². The number of nitrogens with zero attached hydrogens (tertiary/aromatic N) is 2. The van der Waals surface area contributed by atoms with Crippen molar-refractivity contribution in [1.29, 1.82) is 0 Å². The van der Waals surface area contributed by atoms with Crippen molar-refractivity contribution in [2.45, 2.75) is 13.3 Å². The second-order valence-electron chi connectivity index (χ2n) is 4.29. The van der Waals surface area contributed by atoms with Gasteiger partial charge in [0.05, 0.1) is 27.2 Å². The molecule has 0 aromatic carbocycles. The number of amides is 2. The second kappa shape index (κ2) is 3.67. The maximum absolute atomic E-state index is 11.4. The summed E-state index contributed by atoms with van der Waals surface area (Å²) in [6, 6.07) is 0. The fourth-order valence-corrected chi connectivity index (χ4v) is 1.42. The highest BCUT2D eigenvalue weighted by atomic mass is 16.5. The average Bonchev–Trinajstić information content (AvgIpc) is 2.23. The number of carbonyl (C=O) groups is 2. The number of quaternary nitrogens is 1. The predicted molar refractivity (Wildman–Crippen MR) is 50.8 cm³/mol. The number of hydroxylamine groups is 3. The Morgan fingerprint density at radius 1 is 1.50 bits per heavy atom. The van der Waals surface area contributed by atoms with Gasteiger partial charge in [-0.2, -0.15) is 0 Å². The number of hydrogen-bond acceptors (Lipinski definition) is 3. The number of likely N-dealkylation sites (N-methyl/N-ethyl adjacent to an activating group) is 1. The molecule has 5 nitrogen and oxygen atoms in total. The molecule has 2 amide bonds.